The highest BCUT2D eigenvalue weighted by atomic mass is 16.2. The molecule has 0 saturated heterocycles. The number of carbonyl (C=O) groups excluding carboxylic acids is 1. The van der Waals surface area contributed by atoms with Gasteiger partial charge in [0, 0.05) is 37.3 Å². The number of hydrogen-bond donors (Lipinski definition) is 1. The normalized spacial score (nSPS) is 16.0. The standard InChI is InChI=1S/C20H22N2O/c1-16(18-10-6-3-7-11-18)21-19-12-13-22(20(23)14-19)15-17-8-4-2-5-9-17/h2-11,14,16,21H,12-13,15H2,1H3/t16-/m0/s1. The van der Waals surface area contributed by atoms with Gasteiger partial charge in [-0.2, -0.15) is 0 Å². The lowest BCUT2D eigenvalue weighted by atomic mass is 10.1. The Morgan fingerprint density at radius 3 is 2.35 bits per heavy atom. The van der Waals surface area contributed by atoms with Gasteiger partial charge in [0.05, 0.1) is 0 Å². The van der Waals surface area contributed by atoms with E-state index < -0.39 is 0 Å². The smallest absolute Gasteiger partial charge is 0.248 e. The Hall–Kier alpha value is -2.55. The summed E-state index contributed by atoms with van der Waals surface area (Å²) in [5.74, 6) is 0.0860. The molecule has 3 rings (SSSR count). The average Bonchev–Trinajstić information content (AvgIpc) is 2.59. The van der Waals surface area contributed by atoms with E-state index in [-0.39, 0.29) is 11.9 Å². The molecule has 0 fully saturated rings. The zero-order chi connectivity index (χ0) is 16.1. The number of rotatable bonds is 5. The van der Waals surface area contributed by atoms with E-state index in [1.165, 1.54) is 11.1 Å². The number of hydrogen-bond acceptors (Lipinski definition) is 2. The highest BCUT2D eigenvalue weighted by Crippen LogP contribution is 2.18. The molecule has 1 atom stereocenters. The van der Waals surface area contributed by atoms with Crippen LogP contribution in [0.5, 0.6) is 0 Å². The Bertz CT molecular complexity index is 679. The predicted molar refractivity (Wildman–Crippen MR) is 92.6 cm³/mol. The van der Waals surface area contributed by atoms with E-state index in [0.29, 0.717) is 6.54 Å². The van der Waals surface area contributed by atoms with Gasteiger partial charge in [-0.15, -0.1) is 0 Å². The Labute approximate surface area is 137 Å². The van der Waals surface area contributed by atoms with Crippen LogP contribution in [0.4, 0.5) is 0 Å². The highest BCUT2D eigenvalue weighted by Gasteiger charge is 2.19. The van der Waals surface area contributed by atoms with Gasteiger partial charge in [0.25, 0.3) is 0 Å². The molecule has 3 nitrogen and oxygen atoms in total. The molecule has 2 aromatic carbocycles. The van der Waals surface area contributed by atoms with Crippen LogP contribution in [0.3, 0.4) is 0 Å². The third kappa shape index (κ3) is 4.01. The first-order chi connectivity index (χ1) is 11.2. The summed E-state index contributed by atoms with van der Waals surface area (Å²) in [6, 6.07) is 20.6. The molecule has 0 bridgehead atoms. The van der Waals surface area contributed by atoms with Crippen molar-refractivity contribution in [2.45, 2.75) is 25.9 Å². The van der Waals surface area contributed by atoms with E-state index in [2.05, 4.69) is 36.5 Å². The lowest BCUT2D eigenvalue weighted by molar-refractivity contribution is -0.127. The molecule has 1 heterocycles. The van der Waals surface area contributed by atoms with Gasteiger partial charge >= 0.3 is 0 Å². The van der Waals surface area contributed by atoms with Crippen molar-refractivity contribution in [1.82, 2.24) is 10.2 Å². The van der Waals surface area contributed by atoms with Crippen LogP contribution in [0, 0.1) is 0 Å². The van der Waals surface area contributed by atoms with Crippen LogP contribution in [-0.2, 0) is 11.3 Å². The quantitative estimate of drug-likeness (QED) is 0.914. The lowest BCUT2D eigenvalue weighted by Gasteiger charge is -2.28. The predicted octanol–water partition coefficient (Wildman–Crippen LogP) is 3.65. The van der Waals surface area contributed by atoms with Gasteiger partial charge < -0.3 is 10.2 Å². The Balaban J connectivity index is 1.61. The summed E-state index contributed by atoms with van der Waals surface area (Å²) in [7, 11) is 0. The maximum absolute atomic E-state index is 12.3. The maximum Gasteiger partial charge on any atom is 0.248 e. The fraction of sp³-hybridized carbons (Fsp3) is 0.250. The molecule has 1 N–H and O–H groups in total. The first-order valence-electron chi connectivity index (χ1n) is 8.07. The molecule has 0 radical (unpaired) electrons. The second-order valence-corrected chi connectivity index (χ2v) is 5.94. The van der Waals surface area contributed by atoms with Gasteiger partial charge in [-0.3, -0.25) is 4.79 Å². The minimum absolute atomic E-state index is 0.0860. The third-order valence-electron chi connectivity index (χ3n) is 4.18. The van der Waals surface area contributed by atoms with Crippen LogP contribution in [0.1, 0.15) is 30.5 Å². The number of benzene rings is 2. The molecule has 0 unspecified atom stereocenters. The van der Waals surface area contributed by atoms with E-state index >= 15 is 0 Å². The minimum atomic E-state index is 0.0860. The molecule has 1 amide bonds. The fourth-order valence-electron chi connectivity index (χ4n) is 2.86. The zero-order valence-corrected chi connectivity index (χ0v) is 13.4. The third-order valence-corrected chi connectivity index (χ3v) is 4.18. The molecule has 0 spiro atoms. The summed E-state index contributed by atoms with van der Waals surface area (Å²) < 4.78 is 0. The fourth-order valence-corrected chi connectivity index (χ4v) is 2.86. The van der Waals surface area contributed by atoms with Crippen molar-refractivity contribution in [2.75, 3.05) is 6.54 Å². The highest BCUT2D eigenvalue weighted by molar-refractivity contribution is 5.89. The molecule has 23 heavy (non-hydrogen) atoms. The van der Waals surface area contributed by atoms with Gasteiger partial charge in [-0.05, 0) is 18.1 Å². The van der Waals surface area contributed by atoms with Gasteiger partial charge in [0.1, 0.15) is 0 Å². The van der Waals surface area contributed by atoms with Crippen molar-refractivity contribution in [3.05, 3.63) is 83.6 Å². The SMILES string of the molecule is C[C@H](NC1=CC(=O)N(Cc2ccccc2)CC1)c1ccccc1. The van der Waals surface area contributed by atoms with E-state index in [9.17, 15) is 4.79 Å². The van der Waals surface area contributed by atoms with Crippen LogP contribution in [0.15, 0.2) is 72.4 Å². The molecule has 3 heteroatoms. The molecule has 2 aromatic rings. The van der Waals surface area contributed by atoms with Crippen LogP contribution >= 0.6 is 0 Å². The molecular formula is C20H22N2O. The molecule has 0 aromatic heterocycles. The molecule has 1 aliphatic rings. The summed E-state index contributed by atoms with van der Waals surface area (Å²) >= 11 is 0. The summed E-state index contributed by atoms with van der Waals surface area (Å²) in [5.41, 5.74) is 3.42. The van der Waals surface area contributed by atoms with Crippen molar-refractivity contribution in [1.29, 1.82) is 0 Å². The molecule has 0 aliphatic carbocycles. The van der Waals surface area contributed by atoms with Gasteiger partial charge in [0.15, 0.2) is 0 Å². The zero-order valence-electron chi connectivity index (χ0n) is 13.4. The van der Waals surface area contributed by atoms with Gasteiger partial charge in [-0.25, -0.2) is 0 Å². The van der Waals surface area contributed by atoms with Crippen molar-refractivity contribution in [2.24, 2.45) is 0 Å². The first kappa shape index (κ1) is 15.3. The molecule has 1 aliphatic heterocycles. The van der Waals surface area contributed by atoms with Crippen molar-refractivity contribution >= 4 is 5.91 Å². The van der Waals surface area contributed by atoms with Crippen LogP contribution < -0.4 is 5.32 Å². The second-order valence-electron chi connectivity index (χ2n) is 5.94. The topological polar surface area (TPSA) is 32.3 Å². The number of amides is 1. The summed E-state index contributed by atoms with van der Waals surface area (Å²) in [6.45, 7) is 3.56. The molecule has 0 saturated carbocycles. The Morgan fingerprint density at radius 2 is 1.70 bits per heavy atom. The molecular weight excluding hydrogens is 284 g/mol. The average molecular weight is 306 g/mol. The maximum atomic E-state index is 12.3. The van der Waals surface area contributed by atoms with E-state index in [1.54, 1.807) is 6.08 Å². The van der Waals surface area contributed by atoms with Crippen molar-refractivity contribution < 1.29 is 4.79 Å². The largest absolute Gasteiger partial charge is 0.382 e. The van der Waals surface area contributed by atoms with E-state index in [4.69, 9.17) is 0 Å². The van der Waals surface area contributed by atoms with Gasteiger partial charge in [-0.1, -0.05) is 60.7 Å². The van der Waals surface area contributed by atoms with E-state index in [0.717, 1.165) is 18.7 Å². The second kappa shape index (κ2) is 7.14. The molecule has 118 valence electrons. The van der Waals surface area contributed by atoms with Crippen LogP contribution in [-0.4, -0.2) is 17.4 Å². The lowest BCUT2D eigenvalue weighted by Crippen LogP contribution is -2.36. The Kier molecular flexibility index (Phi) is 4.77. The monoisotopic (exact) mass is 306 g/mol. The van der Waals surface area contributed by atoms with Crippen molar-refractivity contribution in [3.8, 4) is 0 Å². The summed E-state index contributed by atoms with van der Waals surface area (Å²) in [4.78, 5) is 14.2. The number of nitrogens with zero attached hydrogens (tertiary/aromatic N) is 1. The van der Waals surface area contributed by atoms with Crippen molar-refractivity contribution in [3.63, 3.8) is 0 Å². The minimum Gasteiger partial charge on any atom is -0.382 e. The Morgan fingerprint density at radius 1 is 1.04 bits per heavy atom. The van der Waals surface area contributed by atoms with Crippen LogP contribution in [0.2, 0.25) is 0 Å². The summed E-state index contributed by atoms with van der Waals surface area (Å²) in [6.07, 6.45) is 2.61. The van der Waals surface area contributed by atoms with E-state index in [1.807, 2.05) is 41.3 Å². The summed E-state index contributed by atoms with van der Waals surface area (Å²) in [5, 5.41) is 3.46. The first-order valence-corrected chi connectivity index (χ1v) is 8.07. The van der Waals surface area contributed by atoms with Gasteiger partial charge in [0.2, 0.25) is 5.91 Å². The van der Waals surface area contributed by atoms with Crippen LogP contribution in [0.25, 0.3) is 0 Å². The number of nitrogens with one attached hydrogen (secondary N) is 1. The number of carbonyl (C=O) groups is 1.